The number of rotatable bonds is 1. The third-order valence-corrected chi connectivity index (χ3v) is 0.354. The Kier molecular flexibility index (Phi) is 16.2. The zero-order chi connectivity index (χ0) is 3.41. The molecule has 0 radical (unpaired) electrons. The van der Waals surface area contributed by atoms with E-state index in [0.29, 0.717) is 0 Å². The molecule has 0 aliphatic carbocycles. The molecule has 0 amide bonds. The van der Waals surface area contributed by atoms with Crippen LogP contribution in [0.5, 0.6) is 0 Å². The van der Waals surface area contributed by atoms with Crippen LogP contribution in [0.3, 0.4) is 0 Å². The molecule has 0 aromatic carbocycles. The van der Waals surface area contributed by atoms with Crippen LogP contribution in [0.15, 0.2) is 0 Å². The second kappa shape index (κ2) is 8.82. The minimum absolute atomic E-state index is 0. The Labute approximate surface area is 48.2 Å². The van der Waals surface area contributed by atoms with Crippen molar-refractivity contribution in [1.82, 2.24) is 0 Å². The van der Waals surface area contributed by atoms with E-state index < -0.39 is 0 Å². The van der Waals surface area contributed by atoms with Gasteiger partial charge in [0.25, 0.3) is 0 Å². The fourth-order valence-corrected chi connectivity index (χ4v) is 0. The summed E-state index contributed by atoms with van der Waals surface area (Å²) >= 11 is 0. The van der Waals surface area contributed by atoms with Crippen molar-refractivity contribution in [3.63, 3.8) is 0 Å². The summed E-state index contributed by atoms with van der Waals surface area (Å²) in [5.41, 5.74) is 0. The van der Waals surface area contributed by atoms with Crippen LogP contribution in [-0.4, -0.2) is 0 Å². The predicted octanol–water partition coefficient (Wildman–Crippen LogP) is 1.62. The maximum Gasteiger partial charge on any atom is 0 e. The Hall–Kier alpha value is 0.688. The molecular weight excluding hydrogens is 144 g/mol. The molecule has 0 fully saturated rings. The Balaban J connectivity index is 0. The Bertz CT molecular complexity index is 5.61. The van der Waals surface area contributed by atoms with Gasteiger partial charge in [-0.1, -0.05) is 13.3 Å². The van der Waals surface area contributed by atoms with Crippen LogP contribution >= 0.6 is 0 Å². The van der Waals surface area contributed by atoms with Crippen LogP contribution in [0.25, 0.3) is 0 Å². The second-order valence-electron chi connectivity index (χ2n) is 0.854. The molecule has 0 rings (SSSR count). The first-order chi connectivity index (χ1) is 1.91. The van der Waals surface area contributed by atoms with Gasteiger partial charge >= 0.3 is 0 Å². The van der Waals surface area contributed by atoms with Crippen molar-refractivity contribution in [3.05, 3.63) is 6.92 Å². The van der Waals surface area contributed by atoms with Gasteiger partial charge in [-0.25, -0.2) is 0 Å². The minimum atomic E-state index is 0. The molecule has 0 bridgehead atoms. The summed E-state index contributed by atoms with van der Waals surface area (Å²) in [5, 5.41) is 0. The largest absolute Gasteiger partial charge is 0.343 e. The first-order valence-corrected chi connectivity index (χ1v) is 1.71. The molecule has 1 heteroatoms. The Morgan fingerprint density at radius 3 is 1.80 bits per heavy atom. The van der Waals surface area contributed by atoms with Crippen LogP contribution in [0.1, 0.15) is 19.8 Å². The summed E-state index contributed by atoms with van der Waals surface area (Å²) < 4.78 is 0. The van der Waals surface area contributed by atoms with Gasteiger partial charge in [0.15, 0.2) is 0 Å². The third-order valence-electron chi connectivity index (χ3n) is 0.354. The quantitative estimate of drug-likeness (QED) is 0.396. The standard InChI is InChI=1S/C4H9.Mo/c1-3-4-2;/h1,3-4H2,2H3;/q-1;. The summed E-state index contributed by atoms with van der Waals surface area (Å²) in [6, 6.07) is 0. The van der Waals surface area contributed by atoms with Gasteiger partial charge in [0.2, 0.25) is 0 Å². The summed E-state index contributed by atoms with van der Waals surface area (Å²) in [6.45, 7) is 5.72. The molecule has 0 atom stereocenters. The molecular formula is C4H9Mo-. The van der Waals surface area contributed by atoms with E-state index >= 15 is 0 Å². The summed E-state index contributed by atoms with van der Waals surface area (Å²) in [5.74, 6) is 0. The fraction of sp³-hybridized carbons (Fsp3) is 0.750. The monoisotopic (exact) mass is 155 g/mol. The smallest absolute Gasteiger partial charge is 0 e. The van der Waals surface area contributed by atoms with Gasteiger partial charge in [0.1, 0.15) is 0 Å². The van der Waals surface area contributed by atoms with Crippen molar-refractivity contribution in [3.8, 4) is 0 Å². The fourth-order valence-electron chi connectivity index (χ4n) is 0. The van der Waals surface area contributed by atoms with E-state index in [4.69, 9.17) is 0 Å². The summed E-state index contributed by atoms with van der Waals surface area (Å²) in [4.78, 5) is 0. The van der Waals surface area contributed by atoms with Crippen molar-refractivity contribution in [2.24, 2.45) is 0 Å². The Morgan fingerprint density at radius 2 is 1.80 bits per heavy atom. The first kappa shape index (κ1) is 9.19. The molecule has 0 heterocycles. The van der Waals surface area contributed by atoms with Crippen molar-refractivity contribution >= 4 is 0 Å². The van der Waals surface area contributed by atoms with Gasteiger partial charge < -0.3 is 6.92 Å². The van der Waals surface area contributed by atoms with Crippen molar-refractivity contribution < 1.29 is 21.1 Å². The number of hydrogen-bond acceptors (Lipinski definition) is 0. The van der Waals surface area contributed by atoms with Crippen molar-refractivity contribution in [1.29, 1.82) is 0 Å². The average molecular weight is 153 g/mol. The van der Waals surface area contributed by atoms with Gasteiger partial charge in [-0.05, 0) is 0 Å². The normalized spacial score (nSPS) is 6.00. The summed E-state index contributed by atoms with van der Waals surface area (Å²) in [6.07, 6.45) is 2.28. The molecule has 0 aromatic heterocycles. The number of unbranched alkanes of at least 4 members (excludes halogenated alkanes) is 1. The van der Waals surface area contributed by atoms with E-state index in [9.17, 15) is 0 Å². The van der Waals surface area contributed by atoms with Crippen LogP contribution < -0.4 is 0 Å². The molecule has 0 unspecified atom stereocenters. The van der Waals surface area contributed by atoms with Gasteiger partial charge in [0, 0.05) is 21.1 Å². The molecule has 0 N–H and O–H groups in total. The predicted molar refractivity (Wildman–Crippen MR) is 20.3 cm³/mol. The topological polar surface area (TPSA) is 0 Å². The molecule has 0 aromatic rings. The van der Waals surface area contributed by atoms with E-state index in [-0.39, 0.29) is 21.1 Å². The molecule has 0 aliphatic rings. The van der Waals surface area contributed by atoms with E-state index in [1.165, 1.54) is 6.42 Å². The zero-order valence-electron chi connectivity index (χ0n) is 3.53. The molecule has 0 saturated heterocycles. The molecule has 5 heavy (non-hydrogen) atoms. The second-order valence-corrected chi connectivity index (χ2v) is 0.854. The van der Waals surface area contributed by atoms with Crippen LogP contribution in [0.2, 0.25) is 0 Å². The SMILES string of the molecule is [CH2-]CCC.[Mo]. The van der Waals surface area contributed by atoms with Crippen LogP contribution in [-0.2, 0) is 21.1 Å². The molecule has 0 saturated carbocycles. The molecule has 32 valence electrons. The minimum Gasteiger partial charge on any atom is -0.343 e. The number of hydrogen-bond donors (Lipinski definition) is 0. The van der Waals surface area contributed by atoms with E-state index in [2.05, 4.69) is 13.8 Å². The van der Waals surface area contributed by atoms with Gasteiger partial charge in [-0.15, -0.1) is 0 Å². The molecule has 0 aliphatic heterocycles. The van der Waals surface area contributed by atoms with E-state index in [1.54, 1.807) is 0 Å². The molecule has 0 nitrogen and oxygen atoms in total. The summed E-state index contributed by atoms with van der Waals surface area (Å²) in [7, 11) is 0. The average Bonchev–Trinajstić information content (AvgIpc) is 1.37. The van der Waals surface area contributed by atoms with E-state index in [1.807, 2.05) is 0 Å². The zero-order valence-corrected chi connectivity index (χ0v) is 5.54. The van der Waals surface area contributed by atoms with E-state index in [0.717, 1.165) is 6.42 Å². The van der Waals surface area contributed by atoms with Crippen LogP contribution in [0, 0.1) is 6.92 Å². The maximum absolute atomic E-state index is 3.60. The van der Waals surface area contributed by atoms with Crippen LogP contribution in [0.4, 0.5) is 0 Å². The third kappa shape index (κ3) is 11.9. The van der Waals surface area contributed by atoms with Crippen molar-refractivity contribution in [2.75, 3.05) is 0 Å². The maximum atomic E-state index is 3.60. The first-order valence-electron chi connectivity index (χ1n) is 1.71. The van der Waals surface area contributed by atoms with Gasteiger partial charge in [0.05, 0.1) is 0 Å². The van der Waals surface area contributed by atoms with Gasteiger partial charge in [-0.3, -0.25) is 0 Å². The molecule has 0 spiro atoms. The van der Waals surface area contributed by atoms with Gasteiger partial charge in [-0.2, -0.15) is 6.42 Å². The Morgan fingerprint density at radius 1 is 1.60 bits per heavy atom. The van der Waals surface area contributed by atoms with Crippen molar-refractivity contribution in [2.45, 2.75) is 19.8 Å².